The summed E-state index contributed by atoms with van der Waals surface area (Å²) in [5.41, 5.74) is -2.82. The first-order chi connectivity index (χ1) is 5.88. The third-order valence-electron chi connectivity index (χ3n) is 1.66. The van der Waals surface area contributed by atoms with Crippen LogP contribution < -0.4 is 10.2 Å². The van der Waals surface area contributed by atoms with E-state index in [0.29, 0.717) is 0 Å². The molecule has 7 nitrogen and oxygen atoms in total. The van der Waals surface area contributed by atoms with Gasteiger partial charge in [-0.2, -0.15) is 0 Å². The normalized spacial score (nSPS) is 30.4. The number of aliphatic hydroxyl groups is 1. The Morgan fingerprint density at radius 1 is 1.50 bits per heavy atom. The van der Waals surface area contributed by atoms with Crippen LogP contribution in [0.25, 0.3) is 0 Å². The van der Waals surface area contributed by atoms with Gasteiger partial charge in [0.15, 0.2) is 11.7 Å². The van der Waals surface area contributed by atoms with Crippen molar-refractivity contribution in [1.82, 2.24) is 0 Å². The summed E-state index contributed by atoms with van der Waals surface area (Å²) in [5.74, 6) is -5.18. The predicted molar refractivity (Wildman–Crippen MR) is 29.5 cm³/mol. The predicted octanol–water partition coefficient (Wildman–Crippen LogP) is -4.47. The van der Waals surface area contributed by atoms with E-state index in [0.717, 1.165) is 0 Å². The Morgan fingerprint density at radius 2 is 2.00 bits per heavy atom. The van der Waals surface area contributed by atoms with Gasteiger partial charge in [0.2, 0.25) is 0 Å². The summed E-state index contributed by atoms with van der Waals surface area (Å²) in [7, 11) is 0. The van der Waals surface area contributed by atoms with Crippen molar-refractivity contribution in [2.75, 3.05) is 0 Å². The summed E-state index contributed by atoms with van der Waals surface area (Å²) in [6.45, 7) is 0. The number of carbonyl (C=O) groups is 3. The van der Waals surface area contributed by atoms with E-state index in [9.17, 15) is 24.6 Å². The van der Waals surface area contributed by atoms with Crippen LogP contribution in [0.3, 0.4) is 0 Å². The van der Waals surface area contributed by atoms with Gasteiger partial charge in [-0.1, -0.05) is 0 Å². The molecule has 0 saturated carbocycles. The maximum atomic E-state index is 10.5. The fourth-order valence-electron chi connectivity index (χ4n) is 1.01. The van der Waals surface area contributed by atoms with E-state index in [1.54, 1.807) is 0 Å². The molecule has 0 spiro atoms. The molecule has 14 heavy (non-hydrogen) atoms. The summed E-state index contributed by atoms with van der Waals surface area (Å²) in [5, 5.41) is 29.7. The third kappa shape index (κ3) is 1.91. The van der Waals surface area contributed by atoms with Crippen molar-refractivity contribution < 1.29 is 53.9 Å². The second-order valence-electron chi connectivity index (χ2n) is 2.58. The minimum atomic E-state index is -2.82. The van der Waals surface area contributed by atoms with E-state index in [1.807, 2.05) is 0 Å². The Morgan fingerprint density at radius 3 is 2.29 bits per heavy atom. The number of rotatable bonds is 2. The van der Waals surface area contributed by atoms with Gasteiger partial charge in [0.05, 0.1) is 18.4 Å². The van der Waals surface area contributed by atoms with E-state index in [1.165, 1.54) is 0 Å². The number of ether oxygens (including phenoxy) is 1. The molecule has 0 radical (unpaired) electrons. The van der Waals surface area contributed by atoms with Gasteiger partial charge in [-0.25, -0.2) is 0 Å². The maximum absolute atomic E-state index is 10.5. The number of cyclic esters (lactones) is 1. The molecule has 0 aromatic rings. The SMILES string of the molecule is O=C1CC(O)(C(=O)[O-])C(C(=O)[O-])O1.[Zn+2]. The van der Waals surface area contributed by atoms with E-state index in [-0.39, 0.29) is 19.5 Å². The maximum Gasteiger partial charge on any atom is 2.00 e. The summed E-state index contributed by atoms with van der Waals surface area (Å²) in [4.78, 5) is 31.0. The van der Waals surface area contributed by atoms with Crippen LogP contribution in [0.15, 0.2) is 0 Å². The number of hydrogen-bond acceptors (Lipinski definition) is 7. The minimum absolute atomic E-state index is 0. The second-order valence-corrected chi connectivity index (χ2v) is 2.58. The zero-order valence-electron chi connectivity index (χ0n) is 6.89. The summed E-state index contributed by atoms with van der Waals surface area (Å²) in [6.07, 6.45) is -3.15. The number of hydrogen-bond donors (Lipinski definition) is 1. The Labute approximate surface area is 90.4 Å². The largest absolute Gasteiger partial charge is 2.00 e. The van der Waals surface area contributed by atoms with Gasteiger partial charge in [-0.3, -0.25) is 4.79 Å². The van der Waals surface area contributed by atoms with Crippen LogP contribution >= 0.6 is 0 Å². The van der Waals surface area contributed by atoms with Gasteiger partial charge in [0.25, 0.3) is 0 Å². The molecule has 1 N–H and O–H groups in total. The van der Waals surface area contributed by atoms with Crippen molar-refractivity contribution in [2.45, 2.75) is 18.1 Å². The monoisotopic (exact) mass is 252 g/mol. The Kier molecular flexibility index (Phi) is 3.73. The molecule has 1 fully saturated rings. The summed E-state index contributed by atoms with van der Waals surface area (Å²) < 4.78 is 4.03. The topological polar surface area (TPSA) is 127 Å². The summed E-state index contributed by atoms with van der Waals surface area (Å²) in [6, 6.07) is 0. The van der Waals surface area contributed by atoms with Crippen molar-refractivity contribution in [3.63, 3.8) is 0 Å². The molecule has 1 rings (SSSR count). The Bertz CT molecular complexity index is 288. The molecule has 1 aliphatic heterocycles. The molecule has 0 bridgehead atoms. The van der Waals surface area contributed by atoms with Gasteiger partial charge < -0.3 is 29.6 Å². The molecule has 1 heterocycles. The van der Waals surface area contributed by atoms with Crippen LogP contribution in [0.5, 0.6) is 0 Å². The van der Waals surface area contributed by atoms with Crippen molar-refractivity contribution in [3.8, 4) is 0 Å². The van der Waals surface area contributed by atoms with Crippen LogP contribution in [0.1, 0.15) is 6.42 Å². The molecular weight excluding hydrogens is 249 g/mol. The number of esters is 1. The van der Waals surface area contributed by atoms with Crippen LogP contribution in [0.2, 0.25) is 0 Å². The first-order valence-corrected chi connectivity index (χ1v) is 3.22. The fourth-order valence-corrected chi connectivity index (χ4v) is 1.01. The molecular formula is C6H4O7Zn. The standard InChI is InChI=1S/C6H6O7.Zn/c7-2-1-6(12,5(10)11)3(13-2)4(8)9;/h3,12H,1H2,(H,8,9)(H,10,11);/q;+2/p-2. The molecule has 0 aromatic carbocycles. The van der Waals surface area contributed by atoms with E-state index < -0.39 is 36.0 Å². The number of carboxylic acids is 2. The van der Waals surface area contributed by atoms with Crippen molar-refractivity contribution in [2.24, 2.45) is 0 Å². The fraction of sp³-hybridized carbons (Fsp3) is 0.500. The third-order valence-corrected chi connectivity index (χ3v) is 1.66. The van der Waals surface area contributed by atoms with Crippen molar-refractivity contribution >= 4 is 17.9 Å². The Hall–Kier alpha value is -1.01. The molecule has 72 valence electrons. The van der Waals surface area contributed by atoms with E-state index >= 15 is 0 Å². The van der Waals surface area contributed by atoms with Crippen LogP contribution in [-0.4, -0.2) is 34.7 Å². The smallest absolute Gasteiger partial charge is 0.547 e. The zero-order chi connectivity index (χ0) is 10.2. The first-order valence-electron chi connectivity index (χ1n) is 3.22. The van der Waals surface area contributed by atoms with Crippen LogP contribution in [0, 0.1) is 0 Å². The quantitative estimate of drug-likeness (QED) is 0.388. The molecule has 1 aliphatic rings. The summed E-state index contributed by atoms with van der Waals surface area (Å²) >= 11 is 0. The average Bonchev–Trinajstić information content (AvgIpc) is 2.27. The number of aliphatic carboxylic acids is 2. The van der Waals surface area contributed by atoms with Crippen molar-refractivity contribution in [3.05, 3.63) is 0 Å². The van der Waals surface area contributed by atoms with Gasteiger partial charge in [0.1, 0.15) is 0 Å². The number of carboxylic acid groups (broad SMARTS) is 2. The average molecular weight is 253 g/mol. The molecule has 0 amide bonds. The first kappa shape index (κ1) is 13.0. The van der Waals surface area contributed by atoms with Crippen LogP contribution in [-0.2, 0) is 38.6 Å². The second kappa shape index (κ2) is 4.02. The van der Waals surface area contributed by atoms with E-state index in [2.05, 4.69) is 4.74 Å². The van der Waals surface area contributed by atoms with E-state index in [4.69, 9.17) is 5.11 Å². The molecule has 0 aliphatic carbocycles. The molecule has 8 heteroatoms. The van der Waals surface area contributed by atoms with Gasteiger partial charge in [-0.05, 0) is 0 Å². The molecule has 1 saturated heterocycles. The van der Waals surface area contributed by atoms with Crippen LogP contribution in [0.4, 0.5) is 0 Å². The Balaban J connectivity index is 0.00000169. The number of carbonyl (C=O) groups excluding carboxylic acids is 3. The molecule has 0 aromatic heterocycles. The van der Waals surface area contributed by atoms with Gasteiger partial charge >= 0.3 is 25.4 Å². The minimum Gasteiger partial charge on any atom is -0.547 e. The van der Waals surface area contributed by atoms with Crippen molar-refractivity contribution in [1.29, 1.82) is 0 Å². The molecule has 2 unspecified atom stereocenters. The van der Waals surface area contributed by atoms with Gasteiger partial charge in [0, 0.05) is 0 Å². The molecule has 2 atom stereocenters. The zero-order valence-corrected chi connectivity index (χ0v) is 9.86. The van der Waals surface area contributed by atoms with Gasteiger partial charge in [-0.15, -0.1) is 0 Å².